The maximum Gasteiger partial charge on any atom is 0.335 e. The van der Waals surface area contributed by atoms with Gasteiger partial charge in [0.25, 0.3) is 5.79 Å². The third kappa shape index (κ3) is 5.09. The van der Waals surface area contributed by atoms with E-state index in [2.05, 4.69) is 0 Å². The molecule has 0 aliphatic carbocycles. The molecule has 14 heteroatoms. The number of benzene rings is 2. The van der Waals surface area contributed by atoms with E-state index >= 15 is 0 Å². The van der Waals surface area contributed by atoms with Crippen LogP contribution in [0.5, 0.6) is 11.5 Å². The van der Waals surface area contributed by atoms with Gasteiger partial charge < -0.3 is 45.8 Å². The topological polar surface area (TPSA) is 240 Å². The van der Waals surface area contributed by atoms with Gasteiger partial charge in [0.05, 0.1) is 11.3 Å². The highest BCUT2D eigenvalue weighted by atomic mass is 32.2. The number of nitrogens with two attached hydrogens (primary N) is 1. The molecule has 170 valence electrons. The number of hydrogen-bond donors (Lipinski definition) is 9. The summed E-state index contributed by atoms with van der Waals surface area (Å²) in [4.78, 5) is 10.5. The molecule has 31 heavy (non-hydrogen) atoms. The predicted molar refractivity (Wildman–Crippen MR) is 102 cm³/mol. The summed E-state index contributed by atoms with van der Waals surface area (Å²) in [5.74, 6) is -14.0. The van der Waals surface area contributed by atoms with E-state index in [0.717, 1.165) is 0 Å². The van der Waals surface area contributed by atoms with Crippen LogP contribution in [0.2, 0.25) is 0 Å². The van der Waals surface area contributed by atoms with Gasteiger partial charge in [-0.3, -0.25) is 0 Å². The first-order valence-corrected chi connectivity index (χ1v) is 9.81. The van der Waals surface area contributed by atoms with Gasteiger partial charge >= 0.3 is 11.9 Å². The van der Waals surface area contributed by atoms with Crippen molar-refractivity contribution in [3.8, 4) is 11.5 Å². The van der Waals surface area contributed by atoms with Crippen LogP contribution in [0, 0.1) is 0 Å². The number of anilines is 1. The highest BCUT2D eigenvalue weighted by Crippen LogP contribution is 2.40. The average Bonchev–Trinajstić information content (AvgIpc) is 2.61. The predicted octanol–water partition coefficient (Wildman–Crippen LogP) is -1.74. The van der Waals surface area contributed by atoms with Crippen LogP contribution in [0.15, 0.2) is 47.4 Å². The lowest BCUT2D eigenvalue weighted by Gasteiger charge is -2.41. The summed E-state index contributed by atoms with van der Waals surface area (Å²) < 4.78 is 29.6. The molecule has 2 rings (SSSR count). The Balaban J connectivity index is 2.77. The maximum atomic E-state index is 12.1. The number of para-hydroxylation sites is 1. The zero-order valence-corrected chi connectivity index (χ0v) is 16.6. The van der Waals surface area contributed by atoms with Crippen LogP contribution in [-0.2, 0) is 10.0 Å². The molecule has 0 saturated heterocycles. The summed E-state index contributed by atoms with van der Waals surface area (Å²) in [6, 6.07) is 8.64. The standard InChI is InChI=1S/C17H20N2O11S/c1-15(22,23)16(24,25)17(26,27)19-11-7-9(14(20)21)8-12(31(18,28)29)13(11)30-10-5-3-2-4-6-10/h2-8,19,22-27H,1H3,(H,20,21)(H2,18,28,29). The number of rotatable bonds is 8. The van der Waals surface area contributed by atoms with E-state index in [1.807, 2.05) is 0 Å². The summed E-state index contributed by atoms with van der Waals surface area (Å²) in [6.07, 6.45) is 0. The Morgan fingerprint density at radius 1 is 1.03 bits per heavy atom. The highest BCUT2D eigenvalue weighted by molar-refractivity contribution is 7.89. The summed E-state index contributed by atoms with van der Waals surface area (Å²) in [5, 5.41) is 74.7. The van der Waals surface area contributed by atoms with Crippen LogP contribution in [0.3, 0.4) is 0 Å². The molecule has 2 aromatic rings. The van der Waals surface area contributed by atoms with Gasteiger partial charge in [-0.1, -0.05) is 18.2 Å². The smallest absolute Gasteiger partial charge is 0.335 e. The van der Waals surface area contributed by atoms with Crippen molar-refractivity contribution in [2.45, 2.75) is 29.3 Å². The Kier molecular flexibility index (Phi) is 6.33. The Morgan fingerprint density at radius 2 is 1.58 bits per heavy atom. The fraction of sp³-hybridized carbons (Fsp3) is 0.235. The SMILES string of the molecule is CC(O)(O)C(O)(O)C(O)(O)Nc1cc(C(=O)O)cc(S(N)(=O)=O)c1Oc1ccccc1. The molecule has 0 heterocycles. The van der Waals surface area contributed by atoms with E-state index < -0.39 is 55.4 Å². The molecule has 0 aromatic heterocycles. The van der Waals surface area contributed by atoms with Crippen LogP contribution in [0.1, 0.15) is 17.3 Å². The molecule has 0 aliphatic rings. The Bertz CT molecular complexity index is 1080. The van der Waals surface area contributed by atoms with Crippen molar-refractivity contribution >= 4 is 21.7 Å². The van der Waals surface area contributed by atoms with Crippen molar-refractivity contribution in [1.29, 1.82) is 0 Å². The fourth-order valence-corrected chi connectivity index (χ4v) is 3.05. The van der Waals surface area contributed by atoms with Crippen molar-refractivity contribution in [1.82, 2.24) is 0 Å². The Labute approximate surface area is 175 Å². The normalized spacial score (nSPS) is 13.0. The number of carboxylic acids is 1. The number of aliphatic hydroxyl groups is 6. The monoisotopic (exact) mass is 460 g/mol. The summed E-state index contributed by atoms with van der Waals surface area (Å²) in [6.45, 7) is 0.403. The third-order valence-corrected chi connectivity index (χ3v) is 4.94. The molecule has 0 aliphatic heterocycles. The number of aromatic carboxylic acids is 1. The molecule has 0 unspecified atom stereocenters. The lowest BCUT2D eigenvalue weighted by molar-refractivity contribution is -0.438. The second kappa shape index (κ2) is 8.03. The van der Waals surface area contributed by atoms with Gasteiger partial charge in [-0.2, -0.15) is 0 Å². The summed E-state index contributed by atoms with van der Waals surface area (Å²) >= 11 is 0. The minimum Gasteiger partial charge on any atom is -0.478 e. The number of nitrogens with one attached hydrogen (secondary N) is 1. The summed E-state index contributed by atoms with van der Waals surface area (Å²) in [5.41, 5.74) is -1.53. The molecule has 0 amide bonds. The van der Waals surface area contributed by atoms with Crippen molar-refractivity contribution in [2.75, 3.05) is 5.32 Å². The van der Waals surface area contributed by atoms with Crippen molar-refractivity contribution in [3.63, 3.8) is 0 Å². The van der Waals surface area contributed by atoms with E-state index in [0.29, 0.717) is 19.1 Å². The molecule has 0 saturated carbocycles. The second-order valence-corrected chi connectivity index (χ2v) is 8.14. The van der Waals surface area contributed by atoms with Crippen LogP contribution in [0.25, 0.3) is 0 Å². The van der Waals surface area contributed by atoms with Gasteiger partial charge in [-0.25, -0.2) is 18.4 Å². The molecule has 0 spiro atoms. The Morgan fingerprint density at radius 3 is 2.03 bits per heavy atom. The van der Waals surface area contributed by atoms with Gasteiger partial charge in [0, 0.05) is 0 Å². The van der Waals surface area contributed by atoms with Gasteiger partial charge in [0.1, 0.15) is 10.6 Å². The zero-order valence-electron chi connectivity index (χ0n) is 15.8. The number of carbonyl (C=O) groups is 1. The van der Waals surface area contributed by atoms with Crippen LogP contribution in [-0.4, -0.2) is 67.6 Å². The van der Waals surface area contributed by atoms with E-state index in [1.54, 1.807) is 11.4 Å². The fourth-order valence-electron chi connectivity index (χ4n) is 2.35. The van der Waals surface area contributed by atoms with E-state index in [1.165, 1.54) is 24.3 Å². The molecular weight excluding hydrogens is 440 g/mol. The van der Waals surface area contributed by atoms with Crippen LogP contribution in [0.4, 0.5) is 5.69 Å². The minimum atomic E-state index is -4.67. The van der Waals surface area contributed by atoms with Gasteiger partial charge in [-0.15, -0.1) is 0 Å². The number of sulfonamides is 1. The van der Waals surface area contributed by atoms with Crippen molar-refractivity contribution < 1.29 is 53.7 Å². The summed E-state index contributed by atoms with van der Waals surface area (Å²) in [7, 11) is -4.67. The van der Waals surface area contributed by atoms with E-state index in [-0.39, 0.29) is 5.75 Å². The quantitative estimate of drug-likeness (QED) is 0.199. The molecule has 0 atom stereocenters. The van der Waals surface area contributed by atoms with E-state index in [4.69, 9.17) is 9.88 Å². The first kappa shape index (κ1) is 24.4. The minimum absolute atomic E-state index is 0.00780. The molecule has 0 bridgehead atoms. The molecule has 0 fully saturated rings. The largest absolute Gasteiger partial charge is 0.478 e. The Hall–Kier alpha value is -2.82. The zero-order chi connectivity index (χ0) is 23.8. The molecule has 0 radical (unpaired) electrons. The molecule has 2 aromatic carbocycles. The van der Waals surface area contributed by atoms with Crippen molar-refractivity contribution in [3.05, 3.63) is 48.0 Å². The van der Waals surface area contributed by atoms with Gasteiger partial charge in [-0.05, 0) is 31.2 Å². The first-order chi connectivity index (χ1) is 14.0. The van der Waals surface area contributed by atoms with Crippen LogP contribution < -0.4 is 15.2 Å². The molecule has 13 nitrogen and oxygen atoms in total. The molecule has 10 N–H and O–H groups in total. The lowest BCUT2D eigenvalue weighted by Crippen LogP contribution is -2.70. The average molecular weight is 460 g/mol. The number of ether oxygens (including phenoxy) is 1. The van der Waals surface area contributed by atoms with Gasteiger partial charge in [0.2, 0.25) is 15.8 Å². The van der Waals surface area contributed by atoms with Crippen LogP contribution >= 0.6 is 0 Å². The number of primary sulfonamides is 1. The third-order valence-electron chi connectivity index (χ3n) is 4.03. The number of hydrogen-bond acceptors (Lipinski definition) is 11. The first-order valence-electron chi connectivity index (χ1n) is 8.27. The lowest BCUT2D eigenvalue weighted by atomic mass is 10.0. The van der Waals surface area contributed by atoms with Gasteiger partial charge in [0.15, 0.2) is 5.75 Å². The van der Waals surface area contributed by atoms with E-state index in [9.17, 15) is 49.0 Å². The molecular formula is C17H20N2O11S. The second-order valence-electron chi connectivity index (χ2n) is 6.61. The highest BCUT2D eigenvalue weighted by Gasteiger charge is 2.60. The maximum absolute atomic E-state index is 12.1. The number of carboxylic acid groups (broad SMARTS) is 1. The van der Waals surface area contributed by atoms with Crippen molar-refractivity contribution in [2.24, 2.45) is 5.14 Å².